The number of urea groups is 1. The summed E-state index contributed by atoms with van der Waals surface area (Å²) in [6, 6.07) is 5.09. The minimum Gasteiger partial charge on any atom is -0.497 e. The zero-order valence-electron chi connectivity index (χ0n) is 14.0. The van der Waals surface area contributed by atoms with Crippen LogP contribution in [0, 0.1) is 0 Å². The molecule has 1 aliphatic carbocycles. The van der Waals surface area contributed by atoms with Gasteiger partial charge in [0, 0.05) is 12.1 Å². The highest BCUT2D eigenvalue weighted by molar-refractivity contribution is 5.91. The van der Waals surface area contributed by atoms with E-state index in [0.717, 1.165) is 19.3 Å². The fourth-order valence-corrected chi connectivity index (χ4v) is 3.24. The topological polar surface area (TPSA) is 78.1 Å². The second-order valence-corrected chi connectivity index (χ2v) is 5.99. The fourth-order valence-electron chi connectivity index (χ4n) is 3.24. The van der Waals surface area contributed by atoms with E-state index in [0.29, 0.717) is 30.4 Å². The number of hydrogen-bond donors (Lipinski definition) is 2. The summed E-state index contributed by atoms with van der Waals surface area (Å²) >= 11 is 0. The molecule has 2 amide bonds. The summed E-state index contributed by atoms with van der Waals surface area (Å²) in [5, 5.41) is 5.84. The van der Waals surface area contributed by atoms with Gasteiger partial charge in [-0.25, -0.2) is 4.79 Å². The van der Waals surface area contributed by atoms with Crippen LogP contribution in [-0.2, 0) is 9.47 Å². The van der Waals surface area contributed by atoms with E-state index in [4.69, 9.17) is 18.9 Å². The van der Waals surface area contributed by atoms with Crippen LogP contribution in [0.15, 0.2) is 18.2 Å². The molecule has 7 heteroatoms. The van der Waals surface area contributed by atoms with Crippen molar-refractivity contribution in [3.05, 3.63) is 18.2 Å². The molecule has 3 rings (SSSR count). The normalized spacial score (nSPS) is 26.2. The highest BCUT2D eigenvalue weighted by Gasteiger charge is 2.34. The lowest BCUT2D eigenvalue weighted by Gasteiger charge is -2.39. The molecule has 0 aromatic heterocycles. The number of anilines is 1. The standard InChI is InChI=1S/C17H24N2O5/c1-21-12-4-5-13(15(10-12)22-2)19-17(20)18-11-3-6-14-16(9-11)24-8-7-23-14/h4-5,10-11,14,16H,3,6-9H2,1-2H3,(H2,18,19,20). The van der Waals surface area contributed by atoms with Crippen molar-refractivity contribution in [2.24, 2.45) is 0 Å². The molecule has 1 saturated heterocycles. The summed E-state index contributed by atoms with van der Waals surface area (Å²) in [7, 11) is 3.14. The predicted molar refractivity (Wildman–Crippen MR) is 88.8 cm³/mol. The molecule has 0 bridgehead atoms. The van der Waals surface area contributed by atoms with E-state index in [9.17, 15) is 4.79 Å². The molecule has 2 aliphatic rings. The summed E-state index contributed by atoms with van der Waals surface area (Å²) in [6.07, 6.45) is 2.81. The molecule has 0 radical (unpaired) electrons. The molecule has 2 N–H and O–H groups in total. The molecule has 132 valence electrons. The molecule has 1 saturated carbocycles. The van der Waals surface area contributed by atoms with Crippen molar-refractivity contribution in [2.45, 2.75) is 37.5 Å². The number of benzene rings is 1. The van der Waals surface area contributed by atoms with Gasteiger partial charge in [0.1, 0.15) is 11.5 Å². The van der Waals surface area contributed by atoms with E-state index < -0.39 is 0 Å². The van der Waals surface area contributed by atoms with E-state index in [1.165, 1.54) is 0 Å². The Labute approximate surface area is 141 Å². The number of carbonyl (C=O) groups is 1. The molecule has 1 heterocycles. The van der Waals surface area contributed by atoms with Gasteiger partial charge in [-0.15, -0.1) is 0 Å². The second kappa shape index (κ2) is 7.72. The minimum atomic E-state index is -0.251. The Balaban J connectivity index is 1.56. The van der Waals surface area contributed by atoms with Crippen LogP contribution in [0.5, 0.6) is 11.5 Å². The zero-order chi connectivity index (χ0) is 16.9. The number of fused-ring (bicyclic) bond motifs is 1. The van der Waals surface area contributed by atoms with Crippen LogP contribution in [0.2, 0.25) is 0 Å². The van der Waals surface area contributed by atoms with Gasteiger partial charge in [0.15, 0.2) is 0 Å². The first-order valence-corrected chi connectivity index (χ1v) is 8.22. The smallest absolute Gasteiger partial charge is 0.319 e. The molecular formula is C17H24N2O5. The van der Waals surface area contributed by atoms with Gasteiger partial charge < -0.3 is 29.6 Å². The lowest BCUT2D eigenvalue weighted by Crippen LogP contribution is -2.50. The van der Waals surface area contributed by atoms with Gasteiger partial charge in [-0.05, 0) is 31.4 Å². The Bertz CT molecular complexity index is 580. The molecule has 1 aliphatic heterocycles. The van der Waals surface area contributed by atoms with Crippen molar-refractivity contribution in [1.82, 2.24) is 5.32 Å². The quantitative estimate of drug-likeness (QED) is 0.881. The molecular weight excluding hydrogens is 312 g/mol. The minimum absolute atomic E-state index is 0.0772. The first-order valence-electron chi connectivity index (χ1n) is 8.22. The fraction of sp³-hybridized carbons (Fsp3) is 0.588. The number of carbonyl (C=O) groups excluding carboxylic acids is 1. The molecule has 1 aromatic rings. The van der Waals surface area contributed by atoms with Crippen molar-refractivity contribution in [2.75, 3.05) is 32.8 Å². The molecule has 3 unspecified atom stereocenters. The number of amides is 2. The van der Waals surface area contributed by atoms with Crippen LogP contribution < -0.4 is 20.1 Å². The van der Waals surface area contributed by atoms with Gasteiger partial charge in [0.2, 0.25) is 0 Å². The van der Waals surface area contributed by atoms with Crippen LogP contribution in [0.4, 0.5) is 10.5 Å². The second-order valence-electron chi connectivity index (χ2n) is 5.99. The first kappa shape index (κ1) is 16.9. The number of methoxy groups -OCH3 is 2. The van der Waals surface area contributed by atoms with Crippen LogP contribution in [0.3, 0.4) is 0 Å². The Kier molecular flexibility index (Phi) is 5.42. The van der Waals surface area contributed by atoms with E-state index in [1.807, 2.05) is 0 Å². The first-order chi connectivity index (χ1) is 11.7. The van der Waals surface area contributed by atoms with Gasteiger partial charge in [0.25, 0.3) is 0 Å². The van der Waals surface area contributed by atoms with Gasteiger partial charge >= 0.3 is 6.03 Å². The van der Waals surface area contributed by atoms with Crippen molar-refractivity contribution < 1.29 is 23.7 Å². The van der Waals surface area contributed by atoms with Crippen LogP contribution in [-0.4, -0.2) is 51.7 Å². The molecule has 24 heavy (non-hydrogen) atoms. The van der Waals surface area contributed by atoms with E-state index in [2.05, 4.69) is 10.6 Å². The third-order valence-corrected chi connectivity index (χ3v) is 4.47. The average Bonchev–Trinajstić information content (AvgIpc) is 2.62. The maximum absolute atomic E-state index is 12.3. The van der Waals surface area contributed by atoms with Crippen LogP contribution in [0.25, 0.3) is 0 Å². The Morgan fingerprint density at radius 2 is 1.92 bits per heavy atom. The maximum Gasteiger partial charge on any atom is 0.319 e. The molecule has 2 fully saturated rings. The van der Waals surface area contributed by atoms with Crippen molar-refractivity contribution >= 4 is 11.7 Å². The van der Waals surface area contributed by atoms with E-state index in [-0.39, 0.29) is 24.3 Å². The van der Waals surface area contributed by atoms with Gasteiger partial charge in [0.05, 0.1) is 45.3 Å². The lowest BCUT2D eigenvalue weighted by atomic mass is 9.90. The Morgan fingerprint density at radius 1 is 1.12 bits per heavy atom. The Hall–Kier alpha value is -1.99. The van der Waals surface area contributed by atoms with Crippen molar-refractivity contribution in [3.8, 4) is 11.5 Å². The summed E-state index contributed by atoms with van der Waals surface area (Å²) in [6.45, 7) is 1.29. The van der Waals surface area contributed by atoms with Crippen LogP contribution >= 0.6 is 0 Å². The average molecular weight is 336 g/mol. The third-order valence-electron chi connectivity index (χ3n) is 4.47. The maximum atomic E-state index is 12.3. The number of rotatable bonds is 4. The van der Waals surface area contributed by atoms with Gasteiger partial charge in [-0.1, -0.05) is 0 Å². The monoisotopic (exact) mass is 336 g/mol. The van der Waals surface area contributed by atoms with E-state index >= 15 is 0 Å². The van der Waals surface area contributed by atoms with E-state index in [1.54, 1.807) is 32.4 Å². The largest absolute Gasteiger partial charge is 0.497 e. The Morgan fingerprint density at radius 3 is 2.67 bits per heavy atom. The predicted octanol–water partition coefficient (Wildman–Crippen LogP) is 2.16. The summed E-state index contributed by atoms with van der Waals surface area (Å²) < 4.78 is 21.9. The number of ether oxygens (including phenoxy) is 4. The molecule has 0 spiro atoms. The van der Waals surface area contributed by atoms with Gasteiger partial charge in [-0.2, -0.15) is 0 Å². The third kappa shape index (κ3) is 3.91. The summed E-state index contributed by atoms with van der Waals surface area (Å²) in [4.78, 5) is 12.3. The van der Waals surface area contributed by atoms with Crippen molar-refractivity contribution in [3.63, 3.8) is 0 Å². The van der Waals surface area contributed by atoms with Crippen LogP contribution in [0.1, 0.15) is 19.3 Å². The number of hydrogen-bond acceptors (Lipinski definition) is 5. The van der Waals surface area contributed by atoms with Crippen molar-refractivity contribution in [1.29, 1.82) is 0 Å². The molecule has 1 aromatic carbocycles. The molecule has 3 atom stereocenters. The lowest BCUT2D eigenvalue weighted by molar-refractivity contribution is -0.157. The molecule has 7 nitrogen and oxygen atoms in total. The zero-order valence-corrected chi connectivity index (χ0v) is 14.0. The highest BCUT2D eigenvalue weighted by Crippen LogP contribution is 2.30. The highest BCUT2D eigenvalue weighted by atomic mass is 16.6. The van der Waals surface area contributed by atoms with Gasteiger partial charge in [-0.3, -0.25) is 0 Å². The number of nitrogens with one attached hydrogen (secondary N) is 2. The summed E-state index contributed by atoms with van der Waals surface area (Å²) in [5.41, 5.74) is 0.599. The summed E-state index contributed by atoms with van der Waals surface area (Å²) in [5.74, 6) is 1.22. The SMILES string of the molecule is COc1ccc(NC(=O)NC2CCC3OCCOC3C2)c(OC)c1.